The first-order valence-corrected chi connectivity index (χ1v) is 7.19. The van der Waals surface area contributed by atoms with Crippen molar-refractivity contribution >= 4 is 23.0 Å². The normalized spacial score (nSPS) is 15.9. The van der Waals surface area contributed by atoms with Gasteiger partial charge < -0.3 is 15.8 Å². The molecule has 3 N–H and O–H groups in total. The number of thiocarbonyl (C=S) groups is 1. The summed E-state index contributed by atoms with van der Waals surface area (Å²) < 4.78 is 7.59. The lowest BCUT2D eigenvalue weighted by Gasteiger charge is -2.13. The molecule has 1 fully saturated rings. The lowest BCUT2D eigenvalue weighted by atomic mass is 10.2. The molecule has 1 aromatic heterocycles. The Bertz CT molecular complexity index is 452. The van der Waals surface area contributed by atoms with Gasteiger partial charge in [0.1, 0.15) is 10.8 Å². The van der Waals surface area contributed by atoms with E-state index in [4.69, 9.17) is 22.7 Å². The third-order valence-electron chi connectivity index (χ3n) is 3.52. The molecule has 106 valence electrons. The number of aryl methyl sites for hydroxylation is 2. The monoisotopic (exact) mass is 282 g/mol. The Morgan fingerprint density at radius 1 is 1.53 bits per heavy atom. The number of anilines is 1. The van der Waals surface area contributed by atoms with Gasteiger partial charge in [-0.3, -0.25) is 4.68 Å². The van der Waals surface area contributed by atoms with E-state index in [9.17, 15) is 0 Å². The Hall–Kier alpha value is -1.14. The van der Waals surface area contributed by atoms with Gasteiger partial charge in [0.25, 0.3) is 0 Å². The Morgan fingerprint density at radius 3 is 2.84 bits per heavy atom. The molecule has 1 aromatic rings. The number of hydrogen-bond acceptors (Lipinski definition) is 4. The lowest BCUT2D eigenvalue weighted by Crippen LogP contribution is -2.19. The molecule has 1 saturated carbocycles. The highest BCUT2D eigenvalue weighted by Crippen LogP contribution is 2.21. The van der Waals surface area contributed by atoms with Gasteiger partial charge >= 0.3 is 0 Å². The zero-order chi connectivity index (χ0) is 13.8. The van der Waals surface area contributed by atoms with E-state index in [0.29, 0.717) is 17.7 Å². The summed E-state index contributed by atoms with van der Waals surface area (Å²) in [5, 5.41) is 7.65. The number of nitrogens with two attached hydrogens (primary N) is 1. The minimum absolute atomic E-state index is 0.379. The predicted molar refractivity (Wildman–Crippen MR) is 80.5 cm³/mol. The first-order valence-electron chi connectivity index (χ1n) is 6.78. The highest BCUT2D eigenvalue weighted by Gasteiger charge is 2.16. The summed E-state index contributed by atoms with van der Waals surface area (Å²) in [5.41, 5.74) is 7.43. The van der Waals surface area contributed by atoms with Crippen LogP contribution in [-0.4, -0.2) is 34.0 Å². The molecular weight excluding hydrogens is 260 g/mol. The molecule has 0 radical (unpaired) electrons. The molecule has 6 heteroatoms. The van der Waals surface area contributed by atoms with Crippen LogP contribution in [0.3, 0.4) is 0 Å². The van der Waals surface area contributed by atoms with Crippen LogP contribution < -0.4 is 11.1 Å². The van der Waals surface area contributed by atoms with E-state index in [2.05, 4.69) is 10.4 Å². The average Bonchev–Trinajstić information content (AvgIpc) is 2.93. The maximum Gasteiger partial charge on any atom is 0.134 e. The van der Waals surface area contributed by atoms with Crippen LogP contribution >= 0.6 is 12.2 Å². The number of ether oxygens (including phenoxy) is 1. The Kier molecular flexibility index (Phi) is 4.76. The fraction of sp³-hybridized carbons (Fsp3) is 0.692. The minimum Gasteiger partial charge on any atom is -0.389 e. The molecule has 0 aliphatic heterocycles. The maximum atomic E-state index is 5.82. The smallest absolute Gasteiger partial charge is 0.134 e. The van der Waals surface area contributed by atoms with E-state index < -0.39 is 0 Å². The molecule has 1 heterocycles. The minimum atomic E-state index is 0.379. The fourth-order valence-corrected chi connectivity index (χ4v) is 2.85. The van der Waals surface area contributed by atoms with Gasteiger partial charge in [0.15, 0.2) is 0 Å². The van der Waals surface area contributed by atoms with Crippen molar-refractivity contribution in [1.29, 1.82) is 0 Å². The molecule has 0 spiro atoms. The third-order valence-corrected chi connectivity index (χ3v) is 3.72. The molecule has 5 nitrogen and oxygen atoms in total. The number of nitrogens with zero attached hydrogens (tertiary/aromatic N) is 2. The highest BCUT2D eigenvalue weighted by atomic mass is 32.1. The molecule has 0 unspecified atom stereocenters. The predicted octanol–water partition coefficient (Wildman–Crippen LogP) is 1.73. The number of hydrogen-bond donors (Lipinski definition) is 2. The molecule has 0 atom stereocenters. The molecule has 1 aliphatic carbocycles. The molecule has 2 rings (SSSR count). The van der Waals surface area contributed by atoms with Gasteiger partial charge in [0, 0.05) is 13.6 Å². The van der Waals surface area contributed by atoms with E-state index >= 15 is 0 Å². The summed E-state index contributed by atoms with van der Waals surface area (Å²) in [4.78, 5) is 0.379. The summed E-state index contributed by atoms with van der Waals surface area (Å²) in [6.45, 7) is 3.35. The largest absolute Gasteiger partial charge is 0.389 e. The lowest BCUT2D eigenvalue weighted by molar-refractivity contribution is 0.0658. The van der Waals surface area contributed by atoms with Gasteiger partial charge in [-0.05, 0) is 19.8 Å². The van der Waals surface area contributed by atoms with Crippen molar-refractivity contribution in [3.05, 3.63) is 11.3 Å². The summed E-state index contributed by atoms with van der Waals surface area (Å²) >= 11 is 5.07. The molecule has 0 saturated heterocycles. The van der Waals surface area contributed by atoms with Gasteiger partial charge in [0.2, 0.25) is 0 Å². The van der Waals surface area contributed by atoms with Crippen molar-refractivity contribution in [2.75, 3.05) is 18.5 Å². The van der Waals surface area contributed by atoms with E-state index in [1.54, 1.807) is 4.68 Å². The second kappa shape index (κ2) is 6.34. The second-order valence-corrected chi connectivity index (χ2v) is 5.44. The summed E-state index contributed by atoms with van der Waals surface area (Å²) in [7, 11) is 1.88. The molecule has 0 amide bonds. The van der Waals surface area contributed by atoms with Gasteiger partial charge in [-0.1, -0.05) is 25.1 Å². The van der Waals surface area contributed by atoms with E-state index in [0.717, 1.165) is 23.6 Å². The van der Waals surface area contributed by atoms with Gasteiger partial charge in [-0.15, -0.1) is 0 Å². The van der Waals surface area contributed by atoms with Crippen molar-refractivity contribution in [2.45, 2.75) is 38.7 Å². The average molecular weight is 282 g/mol. The number of aromatic nitrogens is 2. The Balaban J connectivity index is 1.86. The standard InChI is InChI=1S/C13H22N4OS/c1-9-11(12(14)19)13(17(2)16-9)15-7-8-18-10-5-3-4-6-10/h10,15H,3-8H2,1-2H3,(H2,14,19). The van der Waals surface area contributed by atoms with Crippen LogP contribution in [0.15, 0.2) is 0 Å². The maximum absolute atomic E-state index is 5.82. The molecule has 0 bridgehead atoms. The number of nitrogens with one attached hydrogen (secondary N) is 1. The Labute approximate surface area is 119 Å². The Morgan fingerprint density at radius 2 is 2.21 bits per heavy atom. The van der Waals surface area contributed by atoms with Crippen LogP contribution in [0.4, 0.5) is 5.82 Å². The van der Waals surface area contributed by atoms with Crippen LogP contribution in [-0.2, 0) is 11.8 Å². The van der Waals surface area contributed by atoms with Crippen molar-refractivity contribution in [2.24, 2.45) is 12.8 Å². The van der Waals surface area contributed by atoms with E-state index in [1.807, 2.05) is 14.0 Å². The van der Waals surface area contributed by atoms with Crippen LogP contribution in [0.5, 0.6) is 0 Å². The van der Waals surface area contributed by atoms with Gasteiger partial charge in [0.05, 0.1) is 24.0 Å². The SMILES string of the molecule is Cc1nn(C)c(NCCOC2CCCC2)c1C(N)=S. The quantitative estimate of drug-likeness (QED) is 0.614. The van der Waals surface area contributed by atoms with Crippen molar-refractivity contribution < 1.29 is 4.74 Å². The summed E-state index contributed by atoms with van der Waals surface area (Å²) in [5.74, 6) is 0.875. The zero-order valence-electron chi connectivity index (χ0n) is 11.6. The van der Waals surface area contributed by atoms with Gasteiger partial charge in [-0.2, -0.15) is 5.10 Å². The number of rotatable bonds is 6. The van der Waals surface area contributed by atoms with Crippen molar-refractivity contribution in [1.82, 2.24) is 9.78 Å². The van der Waals surface area contributed by atoms with Crippen LogP contribution in [0.1, 0.15) is 36.9 Å². The van der Waals surface area contributed by atoms with Crippen molar-refractivity contribution in [3.63, 3.8) is 0 Å². The summed E-state index contributed by atoms with van der Waals surface area (Å²) in [6.07, 6.45) is 5.44. The first kappa shape index (κ1) is 14.3. The van der Waals surface area contributed by atoms with E-state index in [-0.39, 0.29) is 0 Å². The van der Waals surface area contributed by atoms with Crippen LogP contribution in [0, 0.1) is 6.92 Å². The second-order valence-electron chi connectivity index (χ2n) is 5.00. The van der Waals surface area contributed by atoms with Crippen LogP contribution in [0.2, 0.25) is 0 Å². The molecular formula is C13H22N4OS. The van der Waals surface area contributed by atoms with Gasteiger partial charge in [-0.25, -0.2) is 0 Å². The fourth-order valence-electron chi connectivity index (χ4n) is 2.61. The zero-order valence-corrected chi connectivity index (χ0v) is 12.4. The topological polar surface area (TPSA) is 65.1 Å². The third kappa shape index (κ3) is 3.45. The first-order chi connectivity index (χ1) is 9.09. The molecule has 19 heavy (non-hydrogen) atoms. The van der Waals surface area contributed by atoms with Crippen molar-refractivity contribution in [3.8, 4) is 0 Å². The summed E-state index contributed by atoms with van der Waals surface area (Å²) in [6, 6.07) is 0. The van der Waals surface area contributed by atoms with Crippen LogP contribution in [0.25, 0.3) is 0 Å². The molecule has 1 aliphatic rings. The highest BCUT2D eigenvalue weighted by molar-refractivity contribution is 7.80. The molecule has 0 aromatic carbocycles. The van der Waals surface area contributed by atoms with E-state index in [1.165, 1.54) is 25.7 Å².